The lowest BCUT2D eigenvalue weighted by atomic mass is 9.81. The van der Waals surface area contributed by atoms with Crippen LogP contribution in [0.25, 0.3) is 0 Å². The Balaban J connectivity index is 1.47. The minimum Gasteiger partial charge on any atom is -0.353 e. The lowest BCUT2D eigenvalue weighted by Gasteiger charge is -2.44. The van der Waals surface area contributed by atoms with Gasteiger partial charge < -0.3 is 9.47 Å². The highest BCUT2D eigenvalue weighted by Gasteiger charge is 2.54. The Labute approximate surface area is 192 Å². The molecule has 0 bridgehead atoms. The van der Waals surface area contributed by atoms with Crippen molar-refractivity contribution in [3.05, 3.63) is 70.2 Å². The summed E-state index contributed by atoms with van der Waals surface area (Å²) in [5.74, 6) is 0.313. The molecule has 3 aliphatic heterocycles. The van der Waals surface area contributed by atoms with E-state index < -0.39 is 0 Å². The van der Waals surface area contributed by atoms with E-state index in [-0.39, 0.29) is 11.6 Å². The molecule has 1 spiro atoms. The van der Waals surface area contributed by atoms with Gasteiger partial charge in [-0.3, -0.25) is 9.80 Å². The standard InChI is InChI=1S/C27H36N4O/c1-6-31-26(32)30-17-22-15-19(2)14-20(3)25(22)21(4)16-24(30)27(31)9-12-29(13-10-27)18-23-8-7-11-28(23)5/h7-8,11,14-16,21H,6,9-10,12-13,17-18H2,1-5H3/t21-/m1/s1. The molecule has 2 fully saturated rings. The molecule has 2 saturated heterocycles. The van der Waals surface area contributed by atoms with E-state index in [0.29, 0.717) is 12.5 Å². The van der Waals surface area contributed by atoms with Gasteiger partial charge >= 0.3 is 6.03 Å². The molecule has 2 amide bonds. The Morgan fingerprint density at radius 2 is 1.91 bits per heavy atom. The Hall–Kier alpha value is -2.53. The number of nitrogens with zero attached hydrogens (tertiary/aromatic N) is 4. The van der Waals surface area contributed by atoms with E-state index >= 15 is 0 Å². The molecule has 32 heavy (non-hydrogen) atoms. The molecule has 2 aromatic rings. The second-order valence-corrected chi connectivity index (χ2v) is 10.0. The summed E-state index contributed by atoms with van der Waals surface area (Å²) >= 11 is 0. The van der Waals surface area contributed by atoms with Gasteiger partial charge in [-0.25, -0.2) is 4.79 Å². The minimum atomic E-state index is -0.171. The Morgan fingerprint density at radius 1 is 1.16 bits per heavy atom. The van der Waals surface area contributed by atoms with Gasteiger partial charge in [0.1, 0.15) is 0 Å². The fourth-order valence-corrected chi connectivity index (χ4v) is 6.49. The average Bonchev–Trinajstić information content (AvgIpc) is 3.17. The zero-order valence-electron chi connectivity index (χ0n) is 20.2. The second kappa shape index (κ2) is 7.80. The summed E-state index contributed by atoms with van der Waals surface area (Å²) in [5, 5.41) is 0. The Bertz CT molecular complexity index is 1070. The van der Waals surface area contributed by atoms with E-state index in [1.165, 1.54) is 33.6 Å². The van der Waals surface area contributed by atoms with Crippen molar-refractivity contribution in [1.29, 1.82) is 0 Å². The van der Waals surface area contributed by atoms with Crippen LogP contribution in [0.3, 0.4) is 0 Å². The average molecular weight is 433 g/mol. The van der Waals surface area contributed by atoms with Crippen LogP contribution in [0, 0.1) is 13.8 Å². The Morgan fingerprint density at radius 3 is 2.56 bits per heavy atom. The quantitative estimate of drug-likeness (QED) is 0.688. The highest BCUT2D eigenvalue weighted by atomic mass is 16.2. The molecule has 170 valence electrons. The van der Waals surface area contributed by atoms with Crippen molar-refractivity contribution in [2.24, 2.45) is 7.05 Å². The number of rotatable bonds is 3. The predicted octanol–water partition coefficient (Wildman–Crippen LogP) is 4.94. The van der Waals surface area contributed by atoms with Crippen LogP contribution in [-0.4, -0.2) is 50.5 Å². The summed E-state index contributed by atoms with van der Waals surface area (Å²) in [5.41, 5.74) is 7.77. The number of piperidine rings is 1. The molecule has 5 heteroatoms. The van der Waals surface area contributed by atoms with Crippen LogP contribution < -0.4 is 0 Å². The summed E-state index contributed by atoms with van der Waals surface area (Å²) in [6.45, 7) is 13.3. The fraction of sp³-hybridized carbons (Fsp3) is 0.519. The molecule has 4 heterocycles. The number of carbonyl (C=O) groups excluding carboxylic acids is 1. The normalized spacial score (nSPS) is 22.7. The maximum absolute atomic E-state index is 13.7. The van der Waals surface area contributed by atoms with Gasteiger partial charge in [0.25, 0.3) is 0 Å². The van der Waals surface area contributed by atoms with Crippen molar-refractivity contribution in [2.45, 2.75) is 65.1 Å². The van der Waals surface area contributed by atoms with Crippen molar-refractivity contribution < 1.29 is 4.79 Å². The summed E-state index contributed by atoms with van der Waals surface area (Å²) in [6.07, 6.45) is 6.53. The topological polar surface area (TPSA) is 31.7 Å². The number of aromatic nitrogens is 1. The number of fused-ring (bicyclic) bond motifs is 3. The SMILES string of the molecule is CCN1C(=O)N2Cc3cc(C)cc(C)c3[C@H](C)C=C2C12CCN(Cc1cccn1C)CC2. The number of amides is 2. The first-order valence-corrected chi connectivity index (χ1v) is 12.1. The van der Waals surface area contributed by atoms with Crippen LogP contribution in [0.5, 0.6) is 0 Å². The highest BCUT2D eigenvalue weighted by molar-refractivity contribution is 5.83. The molecular formula is C27H36N4O. The van der Waals surface area contributed by atoms with Crippen molar-refractivity contribution >= 4 is 6.03 Å². The number of hydrogen-bond acceptors (Lipinski definition) is 2. The van der Waals surface area contributed by atoms with E-state index in [4.69, 9.17) is 0 Å². The van der Waals surface area contributed by atoms with Crippen LogP contribution in [0.4, 0.5) is 4.79 Å². The smallest absolute Gasteiger partial charge is 0.325 e. The van der Waals surface area contributed by atoms with E-state index in [0.717, 1.165) is 39.0 Å². The highest BCUT2D eigenvalue weighted by Crippen LogP contribution is 2.47. The number of urea groups is 1. The third-order valence-electron chi connectivity index (χ3n) is 7.99. The van der Waals surface area contributed by atoms with Crippen molar-refractivity contribution in [3.8, 4) is 0 Å². The molecule has 0 unspecified atom stereocenters. The molecule has 0 radical (unpaired) electrons. The van der Waals surface area contributed by atoms with Crippen LogP contribution in [0.2, 0.25) is 0 Å². The second-order valence-electron chi connectivity index (χ2n) is 10.0. The maximum atomic E-state index is 13.7. The van der Waals surface area contributed by atoms with E-state index in [9.17, 15) is 4.79 Å². The molecular weight excluding hydrogens is 396 g/mol. The summed E-state index contributed by atoms with van der Waals surface area (Å²) in [7, 11) is 2.12. The lowest BCUT2D eigenvalue weighted by Crippen LogP contribution is -2.53. The molecule has 0 N–H and O–H groups in total. The zero-order valence-corrected chi connectivity index (χ0v) is 20.2. The summed E-state index contributed by atoms with van der Waals surface area (Å²) in [6, 6.07) is 9.08. The van der Waals surface area contributed by atoms with E-state index in [1.54, 1.807) is 0 Å². The predicted molar refractivity (Wildman–Crippen MR) is 128 cm³/mol. The number of benzene rings is 1. The molecule has 1 aromatic carbocycles. The third-order valence-corrected chi connectivity index (χ3v) is 7.99. The molecule has 1 atom stereocenters. The first-order valence-electron chi connectivity index (χ1n) is 12.1. The lowest BCUT2D eigenvalue weighted by molar-refractivity contribution is 0.0878. The monoisotopic (exact) mass is 432 g/mol. The number of likely N-dealkylation sites (N-methyl/N-ethyl adjacent to an activating group) is 1. The van der Waals surface area contributed by atoms with E-state index in [1.807, 2.05) is 0 Å². The van der Waals surface area contributed by atoms with Gasteiger partial charge in [-0.1, -0.05) is 30.7 Å². The third kappa shape index (κ3) is 3.21. The largest absolute Gasteiger partial charge is 0.353 e. The number of hydrogen-bond donors (Lipinski definition) is 0. The van der Waals surface area contributed by atoms with Gasteiger partial charge in [0.15, 0.2) is 0 Å². The van der Waals surface area contributed by atoms with Gasteiger partial charge in [0, 0.05) is 56.7 Å². The van der Waals surface area contributed by atoms with Crippen LogP contribution in [-0.2, 0) is 20.1 Å². The molecule has 0 saturated carbocycles. The number of allylic oxidation sites excluding steroid dienone is 1. The maximum Gasteiger partial charge on any atom is 0.325 e. The van der Waals surface area contributed by atoms with Gasteiger partial charge in [-0.15, -0.1) is 0 Å². The number of likely N-dealkylation sites (tertiary alicyclic amines) is 1. The van der Waals surface area contributed by atoms with Crippen LogP contribution in [0.1, 0.15) is 60.6 Å². The minimum absolute atomic E-state index is 0.171. The molecule has 1 aromatic heterocycles. The molecule has 3 aliphatic rings. The van der Waals surface area contributed by atoms with Gasteiger partial charge in [-0.05, 0) is 62.4 Å². The zero-order chi connectivity index (χ0) is 22.6. The Kier molecular flexibility index (Phi) is 5.20. The molecule has 5 rings (SSSR count). The van der Waals surface area contributed by atoms with Crippen molar-refractivity contribution in [2.75, 3.05) is 19.6 Å². The fourth-order valence-electron chi connectivity index (χ4n) is 6.49. The van der Waals surface area contributed by atoms with Crippen LogP contribution >= 0.6 is 0 Å². The number of carbonyl (C=O) groups is 1. The van der Waals surface area contributed by atoms with E-state index in [2.05, 4.69) is 90.5 Å². The molecule has 5 nitrogen and oxygen atoms in total. The first-order chi connectivity index (χ1) is 15.3. The number of aryl methyl sites for hydroxylation is 3. The first kappa shape index (κ1) is 21.3. The van der Waals surface area contributed by atoms with Crippen molar-refractivity contribution in [3.63, 3.8) is 0 Å². The van der Waals surface area contributed by atoms with Gasteiger partial charge in [-0.2, -0.15) is 0 Å². The van der Waals surface area contributed by atoms with Gasteiger partial charge in [0.05, 0.1) is 12.1 Å². The van der Waals surface area contributed by atoms with Gasteiger partial charge in [0.2, 0.25) is 0 Å². The molecule has 0 aliphatic carbocycles. The summed E-state index contributed by atoms with van der Waals surface area (Å²) < 4.78 is 2.21. The van der Waals surface area contributed by atoms with Crippen LogP contribution in [0.15, 0.2) is 42.2 Å². The summed E-state index contributed by atoms with van der Waals surface area (Å²) in [4.78, 5) is 20.5. The van der Waals surface area contributed by atoms with Crippen molar-refractivity contribution in [1.82, 2.24) is 19.3 Å².